The summed E-state index contributed by atoms with van der Waals surface area (Å²) in [6.07, 6.45) is 3.27. The summed E-state index contributed by atoms with van der Waals surface area (Å²) in [4.78, 5) is 21.8. The molecule has 1 saturated heterocycles. The Kier molecular flexibility index (Phi) is 3.76. The Morgan fingerprint density at radius 3 is 2.71 bits per heavy atom. The highest BCUT2D eigenvalue weighted by molar-refractivity contribution is 5.97. The molecule has 4 rings (SSSR count). The van der Waals surface area contributed by atoms with Crippen molar-refractivity contribution in [3.05, 3.63) is 65.7 Å². The van der Waals surface area contributed by atoms with Gasteiger partial charge in [0.2, 0.25) is 0 Å². The Labute approximate surface area is 139 Å². The van der Waals surface area contributed by atoms with E-state index in [0.717, 1.165) is 29.4 Å². The van der Waals surface area contributed by atoms with E-state index in [2.05, 4.69) is 9.97 Å². The topological polar surface area (TPSA) is 49.0 Å². The van der Waals surface area contributed by atoms with Crippen molar-refractivity contribution in [2.45, 2.75) is 18.8 Å². The van der Waals surface area contributed by atoms with Gasteiger partial charge in [0.05, 0.1) is 0 Å². The molecule has 1 aliphatic heterocycles. The molecular weight excluding hydrogens is 305 g/mol. The summed E-state index contributed by atoms with van der Waals surface area (Å²) >= 11 is 0. The maximum atomic E-state index is 13.9. The fourth-order valence-corrected chi connectivity index (χ4v) is 3.44. The summed E-state index contributed by atoms with van der Waals surface area (Å²) in [5.74, 6) is 0.0172. The number of aromatic amines is 1. The number of benzene rings is 1. The fraction of sp³-hybridized carbons (Fsp3) is 0.263. The van der Waals surface area contributed by atoms with Crippen molar-refractivity contribution < 1.29 is 9.18 Å². The second-order valence-electron chi connectivity index (χ2n) is 6.21. The highest BCUT2D eigenvalue weighted by Crippen LogP contribution is 2.30. The average Bonchev–Trinajstić information content (AvgIpc) is 3.06. The number of aromatic nitrogens is 2. The Balaban J connectivity index is 1.47. The van der Waals surface area contributed by atoms with E-state index < -0.39 is 0 Å². The summed E-state index contributed by atoms with van der Waals surface area (Å²) in [6, 6.07) is 12.6. The van der Waals surface area contributed by atoms with Crippen LogP contribution in [0, 0.1) is 5.82 Å². The zero-order valence-electron chi connectivity index (χ0n) is 13.2. The molecule has 1 amide bonds. The van der Waals surface area contributed by atoms with Gasteiger partial charge in [-0.25, -0.2) is 9.37 Å². The van der Waals surface area contributed by atoms with E-state index in [1.165, 1.54) is 6.07 Å². The van der Waals surface area contributed by atoms with Gasteiger partial charge in [-0.3, -0.25) is 4.79 Å². The standard InChI is InChI=1S/C19H18FN3O/c20-16-6-2-1-5-15(16)13-7-10-23(11-8-13)19(24)17-12-14-4-3-9-21-18(14)22-17/h1-6,9,12-13H,7-8,10-11H2,(H,21,22). The lowest BCUT2D eigenvalue weighted by molar-refractivity contribution is 0.0707. The highest BCUT2D eigenvalue weighted by atomic mass is 19.1. The number of hydrogen-bond donors (Lipinski definition) is 1. The molecule has 0 spiro atoms. The molecule has 1 N–H and O–H groups in total. The number of pyridine rings is 1. The second-order valence-corrected chi connectivity index (χ2v) is 6.21. The number of carbonyl (C=O) groups excluding carboxylic acids is 1. The third-order valence-corrected chi connectivity index (χ3v) is 4.75. The van der Waals surface area contributed by atoms with E-state index in [1.807, 2.05) is 35.2 Å². The normalized spacial score (nSPS) is 15.8. The molecule has 5 heteroatoms. The molecule has 1 fully saturated rings. The molecule has 122 valence electrons. The number of piperidine rings is 1. The van der Waals surface area contributed by atoms with Crippen LogP contribution in [0.2, 0.25) is 0 Å². The van der Waals surface area contributed by atoms with E-state index in [1.54, 1.807) is 12.3 Å². The number of fused-ring (bicyclic) bond motifs is 1. The smallest absolute Gasteiger partial charge is 0.270 e. The van der Waals surface area contributed by atoms with Crippen LogP contribution >= 0.6 is 0 Å². The van der Waals surface area contributed by atoms with Crippen LogP contribution in [0.4, 0.5) is 4.39 Å². The Bertz CT molecular complexity index is 848. The SMILES string of the molecule is O=C(c1cc2cccnc2[nH]1)N1CCC(c2ccccc2F)CC1. The maximum Gasteiger partial charge on any atom is 0.270 e. The maximum absolute atomic E-state index is 13.9. The molecule has 0 unspecified atom stereocenters. The number of hydrogen-bond acceptors (Lipinski definition) is 2. The van der Waals surface area contributed by atoms with E-state index >= 15 is 0 Å². The van der Waals surface area contributed by atoms with Crippen LogP contribution in [0.25, 0.3) is 11.0 Å². The van der Waals surface area contributed by atoms with Crippen LogP contribution in [0.3, 0.4) is 0 Å². The lowest BCUT2D eigenvalue weighted by Gasteiger charge is -2.32. The van der Waals surface area contributed by atoms with Crippen LogP contribution < -0.4 is 0 Å². The summed E-state index contributed by atoms with van der Waals surface area (Å²) in [7, 11) is 0. The predicted octanol–water partition coefficient (Wildman–Crippen LogP) is 3.72. The van der Waals surface area contributed by atoms with Gasteiger partial charge in [-0.2, -0.15) is 0 Å². The predicted molar refractivity (Wildman–Crippen MR) is 90.4 cm³/mol. The van der Waals surface area contributed by atoms with E-state index in [9.17, 15) is 9.18 Å². The van der Waals surface area contributed by atoms with Crippen molar-refractivity contribution in [1.82, 2.24) is 14.9 Å². The van der Waals surface area contributed by atoms with Crippen molar-refractivity contribution in [3.8, 4) is 0 Å². The van der Waals surface area contributed by atoms with Crippen molar-refractivity contribution in [2.75, 3.05) is 13.1 Å². The van der Waals surface area contributed by atoms with Crippen molar-refractivity contribution in [3.63, 3.8) is 0 Å². The molecule has 3 aromatic rings. The minimum absolute atomic E-state index is 0.0139. The average molecular weight is 323 g/mol. The first-order chi connectivity index (χ1) is 11.7. The van der Waals surface area contributed by atoms with Gasteiger partial charge in [0.25, 0.3) is 5.91 Å². The van der Waals surface area contributed by atoms with E-state index in [-0.39, 0.29) is 17.6 Å². The molecule has 0 radical (unpaired) electrons. The summed E-state index contributed by atoms with van der Waals surface area (Å²) in [6.45, 7) is 1.28. The number of rotatable bonds is 2. The van der Waals surface area contributed by atoms with Crippen molar-refractivity contribution in [2.24, 2.45) is 0 Å². The van der Waals surface area contributed by atoms with Crippen molar-refractivity contribution >= 4 is 16.9 Å². The van der Waals surface area contributed by atoms with Crippen LogP contribution in [0.15, 0.2) is 48.7 Å². The fourth-order valence-electron chi connectivity index (χ4n) is 3.44. The molecule has 1 aromatic carbocycles. The zero-order chi connectivity index (χ0) is 16.5. The monoisotopic (exact) mass is 323 g/mol. The van der Waals surface area contributed by atoms with Gasteiger partial charge in [0.1, 0.15) is 17.2 Å². The lowest BCUT2D eigenvalue weighted by atomic mass is 9.89. The van der Waals surface area contributed by atoms with Gasteiger partial charge < -0.3 is 9.88 Å². The number of carbonyl (C=O) groups is 1. The van der Waals surface area contributed by atoms with Gasteiger partial charge in [0.15, 0.2) is 0 Å². The minimum Gasteiger partial charge on any atom is -0.337 e. The quantitative estimate of drug-likeness (QED) is 0.781. The van der Waals surface area contributed by atoms with Crippen LogP contribution in [0.1, 0.15) is 34.8 Å². The zero-order valence-corrected chi connectivity index (χ0v) is 13.2. The Morgan fingerprint density at radius 1 is 1.17 bits per heavy atom. The van der Waals surface area contributed by atoms with Gasteiger partial charge in [-0.1, -0.05) is 18.2 Å². The second kappa shape index (κ2) is 6.07. The number of amides is 1. The van der Waals surface area contributed by atoms with Crippen LogP contribution in [-0.2, 0) is 0 Å². The summed E-state index contributed by atoms with van der Waals surface area (Å²) in [5.41, 5.74) is 2.05. The number of nitrogens with zero attached hydrogens (tertiary/aromatic N) is 2. The van der Waals surface area contributed by atoms with Gasteiger partial charge in [-0.05, 0) is 48.6 Å². The molecule has 0 atom stereocenters. The molecule has 4 nitrogen and oxygen atoms in total. The summed E-state index contributed by atoms with van der Waals surface area (Å²) in [5, 5.41) is 0.932. The molecule has 3 heterocycles. The van der Waals surface area contributed by atoms with Gasteiger partial charge in [-0.15, -0.1) is 0 Å². The Morgan fingerprint density at radius 2 is 1.96 bits per heavy atom. The summed E-state index contributed by atoms with van der Waals surface area (Å²) < 4.78 is 13.9. The lowest BCUT2D eigenvalue weighted by Crippen LogP contribution is -2.38. The van der Waals surface area contributed by atoms with Gasteiger partial charge >= 0.3 is 0 Å². The third kappa shape index (κ3) is 2.66. The molecule has 1 aliphatic rings. The largest absolute Gasteiger partial charge is 0.337 e. The number of halogens is 1. The first-order valence-electron chi connectivity index (χ1n) is 8.20. The molecule has 2 aromatic heterocycles. The molecular formula is C19H18FN3O. The molecule has 24 heavy (non-hydrogen) atoms. The molecule has 0 aliphatic carbocycles. The first kappa shape index (κ1) is 14.9. The molecule has 0 bridgehead atoms. The number of nitrogens with one attached hydrogen (secondary N) is 1. The number of H-pyrrole nitrogens is 1. The highest BCUT2D eigenvalue weighted by Gasteiger charge is 2.26. The first-order valence-corrected chi connectivity index (χ1v) is 8.20. The van der Waals surface area contributed by atoms with Crippen LogP contribution in [-0.4, -0.2) is 33.9 Å². The van der Waals surface area contributed by atoms with Gasteiger partial charge in [0, 0.05) is 24.7 Å². The van der Waals surface area contributed by atoms with E-state index in [0.29, 0.717) is 18.8 Å². The van der Waals surface area contributed by atoms with Crippen LogP contribution in [0.5, 0.6) is 0 Å². The molecule has 0 saturated carbocycles. The third-order valence-electron chi connectivity index (χ3n) is 4.75. The minimum atomic E-state index is -0.149. The van der Waals surface area contributed by atoms with Crippen molar-refractivity contribution in [1.29, 1.82) is 0 Å². The Hall–Kier alpha value is -2.69. The van der Waals surface area contributed by atoms with E-state index in [4.69, 9.17) is 0 Å². The number of likely N-dealkylation sites (tertiary alicyclic amines) is 1.